The zero-order valence-electron chi connectivity index (χ0n) is 7.92. The first-order valence-electron chi connectivity index (χ1n) is 3.71. The molecule has 0 atom stereocenters. The third-order valence-corrected chi connectivity index (χ3v) is 0.779. The molecule has 13 heavy (non-hydrogen) atoms. The van der Waals surface area contributed by atoms with E-state index in [2.05, 4.69) is 20.3 Å². The summed E-state index contributed by atoms with van der Waals surface area (Å²) in [4.78, 5) is 0. The molecule has 0 fully saturated rings. The van der Waals surface area contributed by atoms with Gasteiger partial charge in [-0.2, -0.15) is 6.92 Å². The molecule has 0 heterocycles. The van der Waals surface area contributed by atoms with E-state index in [9.17, 15) is 0 Å². The third kappa shape index (κ3) is 32.8. The van der Waals surface area contributed by atoms with Gasteiger partial charge in [0, 0.05) is 6.54 Å². The van der Waals surface area contributed by atoms with Crippen LogP contribution in [0.2, 0.25) is 0 Å². The second-order valence-electron chi connectivity index (χ2n) is 1.72. The molecule has 0 bridgehead atoms. The Kier molecular flexibility index (Phi) is 33.4. The quantitative estimate of drug-likeness (QED) is 0.389. The van der Waals surface area contributed by atoms with Gasteiger partial charge in [-0.05, 0) is 0 Å². The molecule has 2 N–H and O–H groups in total. The number of hydrogen-bond acceptors (Lipinski definition) is 3. The molecule has 0 aliphatic heterocycles. The second-order valence-corrected chi connectivity index (χ2v) is 1.72. The van der Waals surface area contributed by atoms with E-state index in [4.69, 9.17) is 15.2 Å². The molecule has 0 aliphatic carbocycles. The van der Waals surface area contributed by atoms with Gasteiger partial charge in [0.2, 0.25) is 0 Å². The molecular formula is C9H17NO2U. The molecule has 4 heteroatoms. The molecule has 0 radical (unpaired) electrons. The van der Waals surface area contributed by atoms with Gasteiger partial charge < -0.3 is 34.5 Å². The molecule has 0 rings (SSSR count). The molecule has 0 spiro atoms. The first-order valence-corrected chi connectivity index (χ1v) is 3.71. The van der Waals surface area contributed by atoms with Gasteiger partial charge in [0.25, 0.3) is 0 Å². The summed E-state index contributed by atoms with van der Waals surface area (Å²) in [5, 5.41) is 0. The van der Waals surface area contributed by atoms with Gasteiger partial charge in [-0.1, -0.05) is 6.61 Å². The van der Waals surface area contributed by atoms with E-state index in [-0.39, 0.29) is 31.1 Å². The van der Waals surface area contributed by atoms with Crippen LogP contribution in [-0.4, -0.2) is 33.0 Å². The first kappa shape index (κ1) is 19.0. The molecule has 0 saturated heterocycles. The summed E-state index contributed by atoms with van der Waals surface area (Å²) in [6, 6.07) is 0. The van der Waals surface area contributed by atoms with Crippen LogP contribution in [0.5, 0.6) is 0 Å². The fraction of sp³-hybridized carbons (Fsp3) is 0.556. The van der Waals surface area contributed by atoms with E-state index in [1.165, 1.54) is 0 Å². The number of nitrogens with two attached hydrogens (primary N) is 1. The van der Waals surface area contributed by atoms with Crippen molar-refractivity contribution in [2.45, 2.75) is 0 Å². The topological polar surface area (TPSA) is 44.5 Å². The van der Waals surface area contributed by atoms with Gasteiger partial charge in [0.15, 0.2) is 0 Å². The molecule has 0 amide bonds. The number of hydrogen-bond donors (Lipinski definition) is 1. The van der Waals surface area contributed by atoms with Crippen molar-refractivity contribution < 1.29 is 40.6 Å². The van der Waals surface area contributed by atoms with Gasteiger partial charge in [-0.25, -0.2) is 0 Å². The molecule has 74 valence electrons. The van der Waals surface area contributed by atoms with E-state index < -0.39 is 0 Å². The van der Waals surface area contributed by atoms with Crippen LogP contribution in [0.4, 0.5) is 0 Å². The molecule has 0 aliphatic rings. The molecule has 3 nitrogen and oxygen atoms in total. The van der Waals surface area contributed by atoms with E-state index in [0.29, 0.717) is 33.0 Å². The fourth-order valence-electron chi connectivity index (χ4n) is 0.405. The summed E-state index contributed by atoms with van der Waals surface area (Å²) in [5.74, 6) is 2.00. The zero-order valence-corrected chi connectivity index (χ0v) is 12.1. The van der Waals surface area contributed by atoms with E-state index in [1.54, 1.807) is 0 Å². The summed E-state index contributed by atoms with van der Waals surface area (Å²) < 4.78 is 9.91. The van der Waals surface area contributed by atoms with Gasteiger partial charge in [-0.3, -0.25) is 0 Å². The molecular weight excluding hydrogens is 392 g/mol. The van der Waals surface area contributed by atoms with E-state index in [0.717, 1.165) is 0 Å². The molecule has 0 aromatic rings. The average molecular weight is 409 g/mol. The normalized spacial score (nSPS) is 7.46. The van der Waals surface area contributed by atoms with Crippen LogP contribution in [0.1, 0.15) is 0 Å². The van der Waals surface area contributed by atoms with Crippen LogP contribution in [0, 0.1) is 57.3 Å². The van der Waals surface area contributed by atoms with Crippen molar-refractivity contribution in [1.29, 1.82) is 0 Å². The predicted molar refractivity (Wildman–Crippen MR) is 50.2 cm³/mol. The Morgan fingerprint density at radius 2 is 1.69 bits per heavy atom. The Morgan fingerprint density at radius 1 is 1.23 bits per heavy atom. The Morgan fingerprint density at radius 3 is 2.08 bits per heavy atom. The van der Waals surface area contributed by atoms with Crippen LogP contribution in [-0.2, 0) is 9.47 Å². The van der Waals surface area contributed by atoms with Gasteiger partial charge >= 0.3 is 31.1 Å². The van der Waals surface area contributed by atoms with Crippen molar-refractivity contribution in [3.63, 3.8) is 0 Å². The van der Waals surface area contributed by atoms with Gasteiger partial charge in [0.05, 0.1) is 19.8 Å². The second kappa shape index (κ2) is 22.8. The summed E-state index contributed by atoms with van der Waals surface area (Å²) in [6.45, 7) is 9.44. The van der Waals surface area contributed by atoms with Gasteiger partial charge in [-0.15, -0.1) is 0 Å². The Bertz CT molecular complexity index is 98.3. The van der Waals surface area contributed by atoms with Crippen LogP contribution in [0.15, 0.2) is 0 Å². The number of rotatable bonds is 6. The molecule has 0 aromatic heterocycles. The maximum Gasteiger partial charge on any atom is 2.00 e. The smallest absolute Gasteiger partial charge is 0.411 e. The first-order chi connectivity index (χ1) is 5.83. The monoisotopic (exact) mass is 409 g/mol. The summed E-state index contributed by atoms with van der Waals surface area (Å²) in [6.07, 6.45) is 4.49. The zero-order chi connectivity index (χ0) is 9.66. The summed E-state index contributed by atoms with van der Waals surface area (Å²) in [7, 11) is 0. The number of terminal acetylenes is 1. The van der Waals surface area contributed by atoms with Crippen LogP contribution < -0.4 is 5.73 Å². The van der Waals surface area contributed by atoms with Crippen LogP contribution >= 0.6 is 0 Å². The van der Waals surface area contributed by atoms with Crippen LogP contribution in [0.3, 0.4) is 0 Å². The predicted octanol–water partition coefficient (Wildman–Crippen LogP) is 0.266. The van der Waals surface area contributed by atoms with Crippen molar-refractivity contribution in [1.82, 2.24) is 0 Å². The van der Waals surface area contributed by atoms with Crippen molar-refractivity contribution in [2.75, 3.05) is 33.0 Å². The Hall–Kier alpha value is 0.362. The van der Waals surface area contributed by atoms with E-state index in [1.807, 2.05) is 5.92 Å². The van der Waals surface area contributed by atoms with Gasteiger partial charge in [0.1, 0.15) is 0 Å². The summed E-state index contributed by atoms with van der Waals surface area (Å²) >= 11 is 0. The SMILES string of the molecule is C#C[CH2-].[CH2-]COCCOCCN.[U+2]. The molecule has 0 aromatic carbocycles. The number of ether oxygens (including phenoxy) is 2. The standard InChI is InChI=1S/C6H14NO2.C3H3.U/c1-2-8-5-6-9-4-3-7;1-3-2;/h1-7H2;1H,2H2;/q2*-1;+2. The largest absolute Gasteiger partial charge is 2.00 e. The minimum Gasteiger partial charge on any atom is -0.411 e. The minimum atomic E-state index is 0. The van der Waals surface area contributed by atoms with E-state index >= 15 is 0 Å². The Labute approximate surface area is 105 Å². The fourth-order valence-corrected chi connectivity index (χ4v) is 0.405. The Balaban J connectivity index is -0.000000220. The third-order valence-electron chi connectivity index (χ3n) is 0.779. The molecule has 0 saturated carbocycles. The minimum absolute atomic E-state index is 0. The summed E-state index contributed by atoms with van der Waals surface area (Å²) in [5.41, 5.74) is 5.17. The maximum atomic E-state index is 5.17. The van der Waals surface area contributed by atoms with Crippen molar-refractivity contribution in [2.24, 2.45) is 5.73 Å². The maximum absolute atomic E-state index is 5.17. The van der Waals surface area contributed by atoms with Crippen molar-refractivity contribution in [3.8, 4) is 12.3 Å². The average Bonchev–Trinajstić information content (AvgIpc) is 2.06. The molecule has 0 unspecified atom stereocenters. The van der Waals surface area contributed by atoms with Crippen LogP contribution in [0.25, 0.3) is 0 Å². The van der Waals surface area contributed by atoms with Crippen molar-refractivity contribution in [3.05, 3.63) is 13.8 Å². The van der Waals surface area contributed by atoms with Crippen molar-refractivity contribution >= 4 is 0 Å².